The molecule has 11 heavy (non-hydrogen) atoms. The summed E-state index contributed by atoms with van der Waals surface area (Å²) >= 11 is 0. The van der Waals surface area contributed by atoms with Crippen LogP contribution in [0.5, 0.6) is 0 Å². The Morgan fingerprint density at radius 2 is 2.45 bits per heavy atom. The molecule has 0 aliphatic carbocycles. The lowest BCUT2D eigenvalue weighted by atomic mass is 9.89. The van der Waals surface area contributed by atoms with Gasteiger partial charge in [0.15, 0.2) is 0 Å². The van der Waals surface area contributed by atoms with Crippen LogP contribution in [-0.4, -0.2) is 18.5 Å². The molecule has 64 valence electrons. The van der Waals surface area contributed by atoms with Crippen molar-refractivity contribution in [3.8, 4) is 0 Å². The van der Waals surface area contributed by atoms with Gasteiger partial charge in [-0.05, 0) is 32.2 Å². The minimum absolute atomic E-state index is 0.175. The van der Waals surface area contributed by atoms with Gasteiger partial charge >= 0.3 is 0 Å². The van der Waals surface area contributed by atoms with E-state index in [0.717, 1.165) is 13.0 Å². The Kier molecular flexibility index (Phi) is 2.88. The largest absolute Gasteiger partial charge is 0.370 e. The lowest BCUT2D eigenvalue weighted by Crippen LogP contribution is -2.40. The fourth-order valence-electron chi connectivity index (χ4n) is 1.65. The SMILES string of the molecule is CC1NCCCC1CC(N)=O. The lowest BCUT2D eigenvalue weighted by Gasteiger charge is -2.28. The smallest absolute Gasteiger partial charge is 0.217 e. The van der Waals surface area contributed by atoms with E-state index in [2.05, 4.69) is 12.2 Å². The molecule has 0 radical (unpaired) electrons. The lowest BCUT2D eigenvalue weighted by molar-refractivity contribution is -0.119. The van der Waals surface area contributed by atoms with Gasteiger partial charge in [-0.15, -0.1) is 0 Å². The van der Waals surface area contributed by atoms with E-state index in [1.807, 2.05) is 0 Å². The number of nitrogens with two attached hydrogens (primary N) is 1. The molecule has 2 unspecified atom stereocenters. The highest BCUT2D eigenvalue weighted by Crippen LogP contribution is 2.18. The van der Waals surface area contributed by atoms with Gasteiger partial charge in [0.05, 0.1) is 0 Å². The molecule has 0 aromatic carbocycles. The summed E-state index contributed by atoms with van der Waals surface area (Å²) in [6.45, 7) is 3.20. The number of carbonyl (C=O) groups is 1. The zero-order valence-electron chi connectivity index (χ0n) is 6.97. The number of carbonyl (C=O) groups excluding carboxylic acids is 1. The topological polar surface area (TPSA) is 55.1 Å². The van der Waals surface area contributed by atoms with Crippen LogP contribution >= 0.6 is 0 Å². The molecule has 0 spiro atoms. The molecule has 1 rings (SSSR count). The minimum atomic E-state index is -0.175. The Morgan fingerprint density at radius 1 is 1.73 bits per heavy atom. The molecule has 1 heterocycles. The molecule has 0 aromatic rings. The van der Waals surface area contributed by atoms with Crippen LogP contribution in [-0.2, 0) is 4.79 Å². The van der Waals surface area contributed by atoms with Crippen LogP contribution in [0.1, 0.15) is 26.2 Å². The maximum atomic E-state index is 10.6. The summed E-state index contributed by atoms with van der Waals surface area (Å²) in [4.78, 5) is 10.6. The van der Waals surface area contributed by atoms with Gasteiger partial charge < -0.3 is 11.1 Å². The molecular weight excluding hydrogens is 140 g/mol. The average Bonchev–Trinajstić information content (AvgIpc) is 1.93. The van der Waals surface area contributed by atoms with Gasteiger partial charge in [0.2, 0.25) is 5.91 Å². The maximum Gasteiger partial charge on any atom is 0.217 e. The number of primary amides is 1. The molecule has 1 saturated heterocycles. The third-order valence-electron chi connectivity index (χ3n) is 2.39. The van der Waals surface area contributed by atoms with E-state index in [1.54, 1.807) is 0 Å². The highest BCUT2D eigenvalue weighted by Gasteiger charge is 2.21. The highest BCUT2D eigenvalue weighted by molar-refractivity contribution is 5.74. The van der Waals surface area contributed by atoms with Crippen molar-refractivity contribution in [1.82, 2.24) is 5.32 Å². The second kappa shape index (κ2) is 3.72. The number of nitrogens with one attached hydrogen (secondary N) is 1. The minimum Gasteiger partial charge on any atom is -0.370 e. The van der Waals surface area contributed by atoms with E-state index in [-0.39, 0.29) is 5.91 Å². The van der Waals surface area contributed by atoms with E-state index in [1.165, 1.54) is 6.42 Å². The summed E-state index contributed by atoms with van der Waals surface area (Å²) in [6.07, 6.45) is 2.84. The van der Waals surface area contributed by atoms with Crippen molar-refractivity contribution in [2.75, 3.05) is 6.54 Å². The van der Waals surface area contributed by atoms with Crippen molar-refractivity contribution in [3.63, 3.8) is 0 Å². The summed E-state index contributed by atoms with van der Waals surface area (Å²) in [5.41, 5.74) is 5.12. The number of piperidine rings is 1. The van der Waals surface area contributed by atoms with Gasteiger partial charge in [0.1, 0.15) is 0 Å². The van der Waals surface area contributed by atoms with Gasteiger partial charge in [-0.1, -0.05) is 0 Å². The summed E-state index contributed by atoms with van der Waals surface area (Å²) < 4.78 is 0. The van der Waals surface area contributed by atoms with E-state index in [9.17, 15) is 4.79 Å². The van der Waals surface area contributed by atoms with Crippen LogP contribution in [0.4, 0.5) is 0 Å². The summed E-state index contributed by atoms with van der Waals surface area (Å²) in [7, 11) is 0. The Balaban J connectivity index is 2.35. The molecule has 1 amide bonds. The van der Waals surface area contributed by atoms with E-state index in [4.69, 9.17) is 5.73 Å². The Morgan fingerprint density at radius 3 is 3.00 bits per heavy atom. The Labute approximate surface area is 67.3 Å². The van der Waals surface area contributed by atoms with Crippen LogP contribution in [0.3, 0.4) is 0 Å². The molecule has 1 aliphatic rings. The molecule has 0 aromatic heterocycles. The van der Waals surface area contributed by atoms with Crippen LogP contribution < -0.4 is 11.1 Å². The van der Waals surface area contributed by atoms with Gasteiger partial charge in [-0.25, -0.2) is 0 Å². The van der Waals surface area contributed by atoms with Gasteiger partial charge in [0.25, 0.3) is 0 Å². The first-order chi connectivity index (χ1) is 5.20. The molecule has 3 nitrogen and oxygen atoms in total. The highest BCUT2D eigenvalue weighted by atomic mass is 16.1. The first-order valence-corrected chi connectivity index (χ1v) is 4.22. The number of amides is 1. The maximum absolute atomic E-state index is 10.6. The van der Waals surface area contributed by atoms with Crippen molar-refractivity contribution in [2.45, 2.75) is 32.2 Å². The second-order valence-electron chi connectivity index (χ2n) is 3.32. The quantitative estimate of drug-likeness (QED) is 0.602. The van der Waals surface area contributed by atoms with Gasteiger partial charge in [-0.2, -0.15) is 0 Å². The van der Waals surface area contributed by atoms with E-state index >= 15 is 0 Å². The molecule has 2 atom stereocenters. The van der Waals surface area contributed by atoms with Crippen molar-refractivity contribution in [1.29, 1.82) is 0 Å². The van der Waals surface area contributed by atoms with Gasteiger partial charge in [-0.3, -0.25) is 4.79 Å². The first kappa shape index (κ1) is 8.53. The molecule has 0 saturated carbocycles. The normalized spacial score (nSPS) is 31.7. The third kappa shape index (κ3) is 2.50. The summed E-state index contributed by atoms with van der Waals surface area (Å²) in [6, 6.07) is 0.455. The first-order valence-electron chi connectivity index (χ1n) is 4.22. The fourth-order valence-corrected chi connectivity index (χ4v) is 1.65. The zero-order valence-corrected chi connectivity index (χ0v) is 6.97. The Bertz CT molecular complexity index is 147. The van der Waals surface area contributed by atoms with Crippen molar-refractivity contribution in [2.24, 2.45) is 11.7 Å². The standard InChI is InChI=1S/C8H16N2O/c1-6-7(5-8(9)11)3-2-4-10-6/h6-7,10H,2-5H2,1H3,(H2,9,11). The number of rotatable bonds is 2. The van der Waals surface area contributed by atoms with Crippen LogP contribution in [0.2, 0.25) is 0 Å². The molecule has 0 bridgehead atoms. The van der Waals surface area contributed by atoms with Crippen molar-refractivity contribution < 1.29 is 4.79 Å². The molecular formula is C8H16N2O. The van der Waals surface area contributed by atoms with Crippen LogP contribution in [0.15, 0.2) is 0 Å². The average molecular weight is 156 g/mol. The third-order valence-corrected chi connectivity index (χ3v) is 2.39. The molecule has 1 aliphatic heterocycles. The summed E-state index contributed by atoms with van der Waals surface area (Å²) in [5, 5.41) is 3.33. The van der Waals surface area contributed by atoms with Crippen molar-refractivity contribution in [3.05, 3.63) is 0 Å². The monoisotopic (exact) mass is 156 g/mol. The second-order valence-corrected chi connectivity index (χ2v) is 3.32. The van der Waals surface area contributed by atoms with Crippen molar-refractivity contribution >= 4 is 5.91 Å². The van der Waals surface area contributed by atoms with E-state index in [0.29, 0.717) is 18.4 Å². The predicted molar refractivity (Wildman–Crippen MR) is 44.0 cm³/mol. The molecule has 1 fully saturated rings. The van der Waals surface area contributed by atoms with Gasteiger partial charge in [0, 0.05) is 12.5 Å². The predicted octanol–water partition coefficient (Wildman–Crippen LogP) is 0.250. The molecule has 3 N–H and O–H groups in total. The number of hydrogen-bond donors (Lipinski definition) is 2. The fraction of sp³-hybridized carbons (Fsp3) is 0.875. The molecule has 3 heteroatoms. The van der Waals surface area contributed by atoms with Crippen LogP contribution in [0.25, 0.3) is 0 Å². The zero-order chi connectivity index (χ0) is 8.27. The van der Waals surface area contributed by atoms with Crippen LogP contribution in [0, 0.1) is 5.92 Å². The number of hydrogen-bond acceptors (Lipinski definition) is 2. The summed E-state index contributed by atoms with van der Waals surface area (Å²) in [5.74, 6) is 0.284. The Hall–Kier alpha value is -0.570. The van der Waals surface area contributed by atoms with E-state index < -0.39 is 0 Å².